The Morgan fingerprint density at radius 1 is 1.16 bits per heavy atom. The molecule has 4 rings (SSSR count). The third-order valence-corrected chi connectivity index (χ3v) is 7.72. The van der Waals surface area contributed by atoms with Gasteiger partial charge < -0.3 is 0 Å². The summed E-state index contributed by atoms with van der Waals surface area (Å²) in [6.07, 6.45) is 2.63. The molecule has 3 aromatic rings. The molecule has 1 unspecified atom stereocenters. The molecular weight excluding hydrogens is 356 g/mol. The number of aromatic nitrogens is 3. The fourth-order valence-electron chi connectivity index (χ4n) is 3.02. The Kier molecular flexibility index (Phi) is 4.18. The highest BCUT2D eigenvalue weighted by atomic mass is 32.2. The molecule has 3 heterocycles. The highest BCUT2D eigenvalue weighted by molar-refractivity contribution is 7.91. The lowest BCUT2D eigenvalue weighted by molar-refractivity contribution is 0.429. The smallest absolute Gasteiger partial charge is 0.247 e. The molecule has 2 aromatic heterocycles. The van der Waals surface area contributed by atoms with Crippen molar-refractivity contribution in [2.45, 2.75) is 23.6 Å². The number of nitrogens with zero attached hydrogens (tertiary/aromatic N) is 4. The molecule has 0 N–H and O–H groups in total. The molecule has 0 radical (unpaired) electrons. The Labute approximate surface area is 150 Å². The summed E-state index contributed by atoms with van der Waals surface area (Å²) < 4.78 is 29.2. The Morgan fingerprint density at radius 3 is 2.68 bits per heavy atom. The van der Waals surface area contributed by atoms with Gasteiger partial charge in [-0.2, -0.15) is 4.31 Å². The van der Waals surface area contributed by atoms with Gasteiger partial charge in [-0.05, 0) is 25.5 Å². The Morgan fingerprint density at radius 2 is 1.96 bits per heavy atom. The molecule has 1 atom stereocenters. The van der Waals surface area contributed by atoms with Gasteiger partial charge in [-0.1, -0.05) is 35.5 Å². The van der Waals surface area contributed by atoms with Crippen LogP contribution in [0.3, 0.4) is 0 Å². The Hall–Kier alpha value is -2.03. The lowest BCUT2D eigenvalue weighted by Crippen LogP contribution is -2.28. The molecule has 1 saturated heterocycles. The lowest BCUT2D eigenvalue weighted by Gasteiger charge is -2.15. The number of sulfonamides is 1. The first-order chi connectivity index (χ1) is 12.0. The maximum atomic E-state index is 12.7. The van der Waals surface area contributed by atoms with Crippen molar-refractivity contribution < 1.29 is 8.42 Å². The van der Waals surface area contributed by atoms with Gasteiger partial charge in [-0.25, -0.2) is 13.1 Å². The fourth-order valence-corrected chi connectivity index (χ4v) is 5.95. The molecule has 8 heteroatoms. The summed E-state index contributed by atoms with van der Waals surface area (Å²) >= 11 is 1.32. The minimum Gasteiger partial charge on any atom is -0.247 e. The van der Waals surface area contributed by atoms with Gasteiger partial charge in [0.25, 0.3) is 10.0 Å². The maximum Gasteiger partial charge on any atom is 0.252 e. The van der Waals surface area contributed by atoms with Gasteiger partial charge in [0.05, 0.1) is 12.2 Å². The van der Waals surface area contributed by atoms with Crippen molar-refractivity contribution in [2.24, 2.45) is 0 Å². The number of hydrogen-bond acceptors (Lipinski definition) is 5. The standard InChI is InChI=1S/C17H18N4O2S2/c1-13-7-8-17(24-13)25(22,23)20-10-9-15(11-20)21-12-16(18-19-21)14-5-3-2-4-6-14/h2-8,12,15H,9-11H2,1H3. The summed E-state index contributed by atoms with van der Waals surface area (Å²) in [5.41, 5.74) is 1.81. The minimum atomic E-state index is -3.41. The third-order valence-electron chi connectivity index (χ3n) is 4.39. The van der Waals surface area contributed by atoms with Crippen LogP contribution in [0, 0.1) is 6.92 Å². The van der Waals surface area contributed by atoms with Crippen LogP contribution in [-0.2, 0) is 10.0 Å². The van der Waals surface area contributed by atoms with Crippen LogP contribution in [0.15, 0.2) is 52.9 Å². The van der Waals surface area contributed by atoms with Crippen LogP contribution in [0.1, 0.15) is 17.3 Å². The Bertz CT molecular complexity index is 979. The SMILES string of the molecule is Cc1ccc(S(=O)(=O)N2CCC(n3cc(-c4ccccc4)nn3)C2)s1. The zero-order valence-corrected chi connectivity index (χ0v) is 15.4. The van der Waals surface area contributed by atoms with Crippen molar-refractivity contribution in [2.75, 3.05) is 13.1 Å². The largest absolute Gasteiger partial charge is 0.252 e. The van der Waals surface area contributed by atoms with Crippen molar-refractivity contribution in [3.8, 4) is 11.3 Å². The minimum absolute atomic E-state index is 0.0146. The van der Waals surface area contributed by atoms with Crippen LogP contribution < -0.4 is 0 Å². The maximum absolute atomic E-state index is 12.7. The van der Waals surface area contributed by atoms with Crippen molar-refractivity contribution >= 4 is 21.4 Å². The van der Waals surface area contributed by atoms with Crippen molar-refractivity contribution in [1.29, 1.82) is 0 Å². The number of hydrogen-bond donors (Lipinski definition) is 0. The number of rotatable bonds is 4. The summed E-state index contributed by atoms with van der Waals surface area (Å²) in [6.45, 7) is 2.85. The molecule has 0 saturated carbocycles. The molecule has 0 aliphatic carbocycles. The molecule has 0 amide bonds. The molecule has 1 aromatic carbocycles. The topological polar surface area (TPSA) is 68.1 Å². The molecule has 6 nitrogen and oxygen atoms in total. The molecule has 1 aliphatic rings. The van der Waals surface area contributed by atoms with Crippen LogP contribution in [0.25, 0.3) is 11.3 Å². The van der Waals surface area contributed by atoms with Crippen molar-refractivity contribution in [3.63, 3.8) is 0 Å². The zero-order chi connectivity index (χ0) is 17.4. The first kappa shape index (κ1) is 16.4. The molecular formula is C17H18N4O2S2. The molecule has 130 valence electrons. The lowest BCUT2D eigenvalue weighted by atomic mass is 10.2. The molecule has 25 heavy (non-hydrogen) atoms. The Balaban J connectivity index is 1.52. The van der Waals surface area contributed by atoms with Gasteiger partial charge in [0.1, 0.15) is 9.90 Å². The predicted octanol–water partition coefficient (Wildman–Crippen LogP) is 2.95. The van der Waals surface area contributed by atoms with E-state index in [1.165, 1.54) is 11.3 Å². The van der Waals surface area contributed by atoms with E-state index in [-0.39, 0.29) is 6.04 Å². The molecule has 1 fully saturated rings. The van der Waals surface area contributed by atoms with E-state index in [1.54, 1.807) is 15.1 Å². The van der Waals surface area contributed by atoms with E-state index in [4.69, 9.17) is 0 Å². The van der Waals surface area contributed by atoms with E-state index in [2.05, 4.69) is 10.3 Å². The fraction of sp³-hybridized carbons (Fsp3) is 0.294. The van der Waals surface area contributed by atoms with Crippen LogP contribution >= 0.6 is 11.3 Å². The van der Waals surface area contributed by atoms with Gasteiger partial charge in [-0.3, -0.25) is 0 Å². The first-order valence-corrected chi connectivity index (χ1v) is 10.3. The van der Waals surface area contributed by atoms with Gasteiger partial charge in [0, 0.05) is 23.5 Å². The highest BCUT2D eigenvalue weighted by Gasteiger charge is 2.34. The second-order valence-corrected chi connectivity index (χ2v) is 9.57. The van der Waals surface area contributed by atoms with E-state index in [1.807, 2.05) is 49.5 Å². The number of thiophene rings is 1. The number of aryl methyl sites for hydroxylation is 1. The van der Waals surface area contributed by atoms with Crippen LogP contribution in [0.4, 0.5) is 0 Å². The van der Waals surface area contributed by atoms with Crippen LogP contribution in [-0.4, -0.2) is 40.8 Å². The third kappa shape index (κ3) is 3.12. The van der Waals surface area contributed by atoms with E-state index in [0.717, 1.165) is 22.6 Å². The summed E-state index contributed by atoms with van der Waals surface area (Å²) in [4.78, 5) is 0.998. The quantitative estimate of drug-likeness (QED) is 0.704. The van der Waals surface area contributed by atoms with Gasteiger partial charge in [-0.15, -0.1) is 16.4 Å². The van der Waals surface area contributed by atoms with E-state index < -0.39 is 10.0 Å². The molecule has 1 aliphatic heterocycles. The normalized spacial score (nSPS) is 18.7. The van der Waals surface area contributed by atoms with Crippen molar-refractivity contribution in [3.05, 3.63) is 53.5 Å². The summed E-state index contributed by atoms with van der Waals surface area (Å²) in [6, 6.07) is 13.4. The zero-order valence-electron chi connectivity index (χ0n) is 13.7. The molecule has 0 spiro atoms. The van der Waals surface area contributed by atoms with Crippen molar-refractivity contribution in [1.82, 2.24) is 19.3 Å². The second-order valence-electron chi connectivity index (χ2n) is 6.12. The van der Waals surface area contributed by atoms with Gasteiger partial charge in [0.15, 0.2) is 0 Å². The summed E-state index contributed by atoms with van der Waals surface area (Å²) in [7, 11) is -3.41. The average Bonchev–Trinajstić information content (AvgIpc) is 3.35. The number of benzene rings is 1. The highest BCUT2D eigenvalue weighted by Crippen LogP contribution is 2.30. The van der Waals surface area contributed by atoms with Crippen LogP contribution in [0.2, 0.25) is 0 Å². The predicted molar refractivity (Wildman–Crippen MR) is 96.9 cm³/mol. The van der Waals surface area contributed by atoms with E-state index >= 15 is 0 Å². The van der Waals surface area contributed by atoms with Gasteiger partial charge in [0.2, 0.25) is 0 Å². The van der Waals surface area contributed by atoms with E-state index in [9.17, 15) is 8.42 Å². The summed E-state index contributed by atoms with van der Waals surface area (Å²) in [5, 5.41) is 8.44. The second kappa shape index (κ2) is 6.36. The van der Waals surface area contributed by atoms with E-state index in [0.29, 0.717) is 17.3 Å². The average molecular weight is 374 g/mol. The first-order valence-electron chi connectivity index (χ1n) is 8.08. The monoisotopic (exact) mass is 374 g/mol. The van der Waals surface area contributed by atoms with Gasteiger partial charge >= 0.3 is 0 Å². The summed E-state index contributed by atoms with van der Waals surface area (Å²) in [5.74, 6) is 0. The molecule has 0 bridgehead atoms. The van der Waals surface area contributed by atoms with Crippen LogP contribution in [0.5, 0.6) is 0 Å².